The Bertz CT molecular complexity index is 61.4. The van der Waals surface area contributed by atoms with E-state index >= 15 is 0 Å². The van der Waals surface area contributed by atoms with Gasteiger partial charge < -0.3 is 5.11 Å². The Morgan fingerprint density at radius 2 is 1.30 bits per heavy atom. The molecule has 0 unspecified atom stereocenters. The average molecular weight is 162 g/mol. The van der Waals surface area contributed by atoms with Gasteiger partial charge in [0.15, 0.2) is 0 Å². The second-order valence-corrected chi connectivity index (χ2v) is 9.84. The van der Waals surface area contributed by atoms with E-state index in [1.165, 1.54) is 6.04 Å². The van der Waals surface area contributed by atoms with E-state index < -0.39 is 8.07 Å². The van der Waals surface area contributed by atoms with Crippen molar-refractivity contribution >= 4 is 8.07 Å². The summed E-state index contributed by atoms with van der Waals surface area (Å²) in [6, 6.07) is 1.41. The van der Waals surface area contributed by atoms with Crippen LogP contribution < -0.4 is 0 Å². The van der Waals surface area contributed by atoms with Gasteiger partial charge in [0.2, 0.25) is 0 Å². The Hall–Kier alpha value is 0.177. The van der Waals surface area contributed by atoms with Gasteiger partial charge in [-0.2, -0.15) is 0 Å². The van der Waals surface area contributed by atoms with Gasteiger partial charge in [0, 0.05) is 14.2 Å². The van der Waals surface area contributed by atoms with Crippen LogP contribution in [0.5, 0.6) is 0 Å². The molecule has 0 aromatic carbocycles. The molecule has 0 aliphatic heterocycles. The zero-order valence-corrected chi connectivity index (χ0v) is 9.23. The molecule has 0 atom stereocenters. The van der Waals surface area contributed by atoms with Crippen LogP contribution in [-0.2, 0) is 0 Å². The lowest BCUT2D eigenvalue weighted by molar-refractivity contribution is 0.216. The standard InChI is InChI=1S/C5H14Si.C3H8O/c1-5-6(2,3)4;1-3(2)4/h5H2,1-4H3;3-4H,1-2H3. The molecule has 0 saturated heterocycles. The van der Waals surface area contributed by atoms with Crippen molar-refractivity contribution in [2.75, 3.05) is 0 Å². The molecule has 0 aliphatic carbocycles. The van der Waals surface area contributed by atoms with Gasteiger partial charge in [-0.1, -0.05) is 32.6 Å². The number of rotatable bonds is 1. The molecule has 0 saturated carbocycles. The lowest BCUT2D eigenvalue weighted by atomic mass is 10.5. The van der Waals surface area contributed by atoms with Crippen LogP contribution >= 0.6 is 0 Å². The van der Waals surface area contributed by atoms with Crippen molar-refractivity contribution in [1.29, 1.82) is 0 Å². The Labute approximate surface area is 66.5 Å². The summed E-state index contributed by atoms with van der Waals surface area (Å²) >= 11 is 0. The van der Waals surface area contributed by atoms with Gasteiger partial charge in [-0.3, -0.25) is 0 Å². The van der Waals surface area contributed by atoms with Crippen LogP contribution in [0.2, 0.25) is 25.7 Å². The SMILES string of the molecule is CC(C)O.CC[Si](C)(C)C. The molecule has 0 bridgehead atoms. The second kappa shape index (κ2) is 5.92. The fourth-order valence-electron chi connectivity index (χ4n) is 0. The highest BCUT2D eigenvalue weighted by molar-refractivity contribution is 6.75. The van der Waals surface area contributed by atoms with Crippen LogP contribution in [0.25, 0.3) is 0 Å². The molecule has 10 heavy (non-hydrogen) atoms. The first-order chi connectivity index (χ1) is 4.29. The number of aliphatic hydroxyl groups excluding tert-OH is 1. The maximum absolute atomic E-state index is 8.06. The summed E-state index contributed by atoms with van der Waals surface area (Å²) in [4.78, 5) is 0. The lowest BCUT2D eigenvalue weighted by Crippen LogP contribution is -2.16. The van der Waals surface area contributed by atoms with E-state index in [1.807, 2.05) is 0 Å². The van der Waals surface area contributed by atoms with E-state index in [0.717, 1.165) is 0 Å². The minimum absolute atomic E-state index is 0.167. The van der Waals surface area contributed by atoms with Gasteiger partial charge in [-0.15, -0.1) is 0 Å². The normalized spacial score (nSPS) is 10.8. The second-order valence-electron chi connectivity index (χ2n) is 4.01. The molecule has 1 N–H and O–H groups in total. The Balaban J connectivity index is 0. The first kappa shape index (κ1) is 12.8. The van der Waals surface area contributed by atoms with Crippen molar-refractivity contribution in [2.24, 2.45) is 0 Å². The van der Waals surface area contributed by atoms with E-state index in [4.69, 9.17) is 5.11 Å². The summed E-state index contributed by atoms with van der Waals surface area (Å²) in [5.41, 5.74) is 0. The van der Waals surface area contributed by atoms with E-state index in [-0.39, 0.29) is 6.10 Å². The van der Waals surface area contributed by atoms with Gasteiger partial charge in [-0.25, -0.2) is 0 Å². The first-order valence-electron chi connectivity index (χ1n) is 3.97. The number of hydrogen-bond donors (Lipinski definition) is 1. The molecule has 0 fully saturated rings. The third kappa shape index (κ3) is 41.7. The van der Waals surface area contributed by atoms with Gasteiger partial charge in [-0.05, 0) is 13.8 Å². The molecule has 1 nitrogen and oxygen atoms in total. The van der Waals surface area contributed by atoms with Crippen LogP contribution in [0.4, 0.5) is 0 Å². The molecule has 2 heteroatoms. The molecule has 0 aromatic heterocycles. The molecule has 0 spiro atoms. The third-order valence-electron chi connectivity index (χ3n) is 1.06. The molecule has 0 aliphatic rings. The topological polar surface area (TPSA) is 20.2 Å². The summed E-state index contributed by atoms with van der Waals surface area (Å²) in [5, 5.41) is 8.06. The van der Waals surface area contributed by atoms with Crippen molar-refractivity contribution in [2.45, 2.75) is 52.6 Å². The molecule has 0 heterocycles. The molecule has 0 rings (SSSR count). The molecule has 0 aromatic rings. The van der Waals surface area contributed by atoms with Crippen molar-refractivity contribution < 1.29 is 5.11 Å². The third-order valence-corrected chi connectivity index (χ3v) is 3.18. The summed E-state index contributed by atoms with van der Waals surface area (Å²) in [5.74, 6) is 0. The van der Waals surface area contributed by atoms with Gasteiger partial charge in [0.1, 0.15) is 0 Å². The van der Waals surface area contributed by atoms with Crippen LogP contribution in [-0.4, -0.2) is 19.3 Å². The average Bonchev–Trinajstić information content (AvgIpc) is 1.63. The molecule has 64 valence electrons. The van der Waals surface area contributed by atoms with Gasteiger partial charge in [0.05, 0.1) is 0 Å². The number of aliphatic hydroxyl groups is 1. The maximum Gasteiger partial charge on any atom is 0.0483 e. The fourth-order valence-corrected chi connectivity index (χ4v) is 0. The highest BCUT2D eigenvalue weighted by Gasteiger charge is 2.06. The van der Waals surface area contributed by atoms with Crippen LogP contribution in [0.15, 0.2) is 0 Å². The minimum Gasteiger partial charge on any atom is -0.394 e. The predicted molar refractivity (Wildman–Crippen MR) is 51.2 cm³/mol. The van der Waals surface area contributed by atoms with Crippen molar-refractivity contribution in [3.05, 3.63) is 0 Å². The van der Waals surface area contributed by atoms with E-state index in [2.05, 4.69) is 26.6 Å². The van der Waals surface area contributed by atoms with Gasteiger partial charge >= 0.3 is 0 Å². The van der Waals surface area contributed by atoms with Crippen LogP contribution in [0, 0.1) is 0 Å². The summed E-state index contributed by atoms with van der Waals surface area (Å²) in [6.45, 7) is 12.9. The highest BCUT2D eigenvalue weighted by atomic mass is 28.3. The maximum atomic E-state index is 8.06. The zero-order valence-electron chi connectivity index (χ0n) is 8.23. The predicted octanol–water partition coefficient (Wildman–Crippen LogP) is 2.73. The Kier molecular flexibility index (Phi) is 7.59. The number of hydrogen-bond acceptors (Lipinski definition) is 1. The minimum atomic E-state index is -0.631. The molecular weight excluding hydrogens is 140 g/mol. The Morgan fingerprint density at radius 3 is 1.30 bits per heavy atom. The largest absolute Gasteiger partial charge is 0.394 e. The monoisotopic (exact) mass is 162 g/mol. The van der Waals surface area contributed by atoms with Crippen LogP contribution in [0.3, 0.4) is 0 Å². The van der Waals surface area contributed by atoms with E-state index in [0.29, 0.717) is 0 Å². The van der Waals surface area contributed by atoms with Crippen LogP contribution in [0.1, 0.15) is 20.8 Å². The van der Waals surface area contributed by atoms with Crippen molar-refractivity contribution in [1.82, 2.24) is 0 Å². The highest BCUT2D eigenvalue weighted by Crippen LogP contribution is 2.04. The summed E-state index contributed by atoms with van der Waals surface area (Å²) in [7, 11) is -0.631. The summed E-state index contributed by atoms with van der Waals surface area (Å²) in [6.07, 6.45) is -0.167. The van der Waals surface area contributed by atoms with E-state index in [1.54, 1.807) is 13.8 Å². The summed E-state index contributed by atoms with van der Waals surface area (Å²) < 4.78 is 0. The molecule has 0 radical (unpaired) electrons. The van der Waals surface area contributed by atoms with Crippen molar-refractivity contribution in [3.8, 4) is 0 Å². The van der Waals surface area contributed by atoms with Gasteiger partial charge in [0.25, 0.3) is 0 Å². The smallest absolute Gasteiger partial charge is 0.0483 e. The quantitative estimate of drug-likeness (QED) is 0.588. The molecular formula is C8H22OSi. The Morgan fingerprint density at radius 1 is 1.20 bits per heavy atom. The lowest BCUT2D eigenvalue weighted by Gasteiger charge is -2.09. The zero-order chi connectivity index (χ0) is 8.78. The fraction of sp³-hybridized carbons (Fsp3) is 1.00. The first-order valence-corrected chi connectivity index (χ1v) is 7.68. The van der Waals surface area contributed by atoms with E-state index in [9.17, 15) is 0 Å². The van der Waals surface area contributed by atoms with Crippen molar-refractivity contribution in [3.63, 3.8) is 0 Å². The molecule has 0 amide bonds.